The molecule has 8 heteroatoms. The number of anilines is 3. The number of nitrogens with two attached hydrogens (primary N) is 1. The standard InChI is InChI=1S/C20H22N6O2/c21-18(27)12-3-5-14(6-4-12)25-19-17-13(7-9-23-20(17)28)10-16(26-19)24-15-2-1-8-22-11-15/h3-7,9-10,15,22H,1-2,8,11H2,(H2,21,27)(H,23,28)(H2,24,25,26)/t15-/m1/s1. The number of nitrogens with one attached hydrogen (secondary N) is 4. The van der Waals surface area contributed by atoms with E-state index in [1.165, 1.54) is 0 Å². The lowest BCUT2D eigenvalue weighted by Gasteiger charge is -2.24. The largest absolute Gasteiger partial charge is 0.366 e. The number of rotatable bonds is 5. The number of hydrogen-bond acceptors (Lipinski definition) is 6. The third kappa shape index (κ3) is 3.81. The average molecular weight is 378 g/mol. The molecule has 1 atom stereocenters. The zero-order valence-electron chi connectivity index (χ0n) is 15.3. The minimum atomic E-state index is -0.487. The Bertz CT molecular complexity index is 1050. The lowest BCUT2D eigenvalue weighted by atomic mass is 10.1. The zero-order valence-corrected chi connectivity index (χ0v) is 15.3. The summed E-state index contributed by atoms with van der Waals surface area (Å²) in [5, 5.41) is 11.3. The third-order valence-electron chi connectivity index (χ3n) is 4.84. The van der Waals surface area contributed by atoms with Gasteiger partial charge in [0.1, 0.15) is 11.6 Å². The molecule has 2 aromatic heterocycles. The van der Waals surface area contributed by atoms with E-state index in [9.17, 15) is 9.59 Å². The lowest BCUT2D eigenvalue weighted by molar-refractivity contribution is 0.100. The Hall–Kier alpha value is -3.39. The Morgan fingerprint density at radius 2 is 2.04 bits per heavy atom. The monoisotopic (exact) mass is 378 g/mol. The maximum Gasteiger partial charge on any atom is 0.259 e. The Labute approximate surface area is 161 Å². The molecule has 3 heterocycles. The first-order valence-corrected chi connectivity index (χ1v) is 9.27. The quantitative estimate of drug-likeness (QED) is 0.462. The van der Waals surface area contributed by atoms with Crippen LogP contribution in [0.25, 0.3) is 10.8 Å². The van der Waals surface area contributed by atoms with Crippen LogP contribution in [0.4, 0.5) is 17.3 Å². The number of aromatic nitrogens is 2. The van der Waals surface area contributed by atoms with Crippen molar-refractivity contribution in [3.63, 3.8) is 0 Å². The summed E-state index contributed by atoms with van der Waals surface area (Å²) in [6.07, 6.45) is 3.81. The first-order chi connectivity index (χ1) is 13.6. The summed E-state index contributed by atoms with van der Waals surface area (Å²) in [4.78, 5) is 31.0. The van der Waals surface area contributed by atoms with E-state index in [1.54, 1.807) is 30.5 Å². The third-order valence-corrected chi connectivity index (χ3v) is 4.84. The van der Waals surface area contributed by atoms with Crippen LogP contribution in [0.15, 0.2) is 47.4 Å². The predicted octanol–water partition coefficient (Wildman–Crippen LogP) is 1.93. The fraction of sp³-hybridized carbons (Fsp3) is 0.250. The van der Waals surface area contributed by atoms with E-state index < -0.39 is 5.91 Å². The Balaban J connectivity index is 1.70. The van der Waals surface area contributed by atoms with Crippen molar-refractivity contribution >= 4 is 34.0 Å². The summed E-state index contributed by atoms with van der Waals surface area (Å²) in [6, 6.07) is 10.8. The summed E-state index contributed by atoms with van der Waals surface area (Å²) < 4.78 is 0. The van der Waals surface area contributed by atoms with Gasteiger partial charge in [0.2, 0.25) is 5.91 Å². The predicted molar refractivity (Wildman–Crippen MR) is 110 cm³/mol. The number of carbonyl (C=O) groups is 1. The highest BCUT2D eigenvalue weighted by atomic mass is 16.1. The van der Waals surface area contributed by atoms with Gasteiger partial charge in [-0.2, -0.15) is 0 Å². The van der Waals surface area contributed by atoms with Crippen molar-refractivity contribution in [2.24, 2.45) is 5.73 Å². The average Bonchev–Trinajstić information content (AvgIpc) is 2.69. The number of benzene rings is 1. The fourth-order valence-corrected chi connectivity index (χ4v) is 3.42. The van der Waals surface area contributed by atoms with Gasteiger partial charge in [-0.05, 0) is 61.2 Å². The summed E-state index contributed by atoms with van der Waals surface area (Å²) >= 11 is 0. The second-order valence-electron chi connectivity index (χ2n) is 6.88. The molecule has 1 aromatic carbocycles. The van der Waals surface area contributed by atoms with Gasteiger partial charge in [-0.25, -0.2) is 4.98 Å². The Morgan fingerprint density at radius 3 is 2.75 bits per heavy atom. The molecule has 8 nitrogen and oxygen atoms in total. The number of piperidine rings is 1. The van der Waals surface area contributed by atoms with Gasteiger partial charge >= 0.3 is 0 Å². The number of pyridine rings is 2. The molecule has 28 heavy (non-hydrogen) atoms. The number of nitrogens with zero attached hydrogens (tertiary/aromatic N) is 1. The van der Waals surface area contributed by atoms with Gasteiger partial charge in [0, 0.05) is 30.0 Å². The number of aromatic amines is 1. The van der Waals surface area contributed by atoms with Gasteiger partial charge in [0.05, 0.1) is 5.39 Å². The minimum Gasteiger partial charge on any atom is -0.366 e. The molecule has 6 N–H and O–H groups in total. The SMILES string of the molecule is NC(=O)c1ccc(Nc2nc(N[C@@H]3CCCNC3)cc3cc[nH]c(=O)c23)cc1. The van der Waals surface area contributed by atoms with E-state index in [-0.39, 0.29) is 5.56 Å². The van der Waals surface area contributed by atoms with Gasteiger partial charge in [-0.3, -0.25) is 9.59 Å². The van der Waals surface area contributed by atoms with Gasteiger partial charge in [-0.15, -0.1) is 0 Å². The maximum absolute atomic E-state index is 12.4. The van der Waals surface area contributed by atoms with E-state index in [1.807, 2.05) is 12.1 Å². The van der Waals surface area contributed by atoms with E-state index in [0.29, 0.717) is 34.3 Å². The van der Waals surface area contributed by atoms with E-state index in [4.69, 9.17) is 5.73 Å². The Morgan fingerprint density at radius 1 is 1.21 bits per heavy atom. The van der Waals surface area contributed by atoms with Gasteiger partial charge in [-0.1, -0.05) is 0 Å². The van der Waals surface area contributed by atoms with Crippen LogP contribution < -0.4 is 27.2 Å². The molecule has 144 valence electrons. The van der Waals surface area contributed by atoms with Crippen LogP contribution in [-0.2, 0) is 0 Å². The molecule has 1 saturated heterocycles. The number of hydrogen-bond donors (Lipinski definition) is 5. The molecule has 1 fully saturated rings. The van der Waals surface area contributed by atoms with Crippen LogP contribution in [0, 0.1) is 0 Å². The molecule has 0 spiro atoms. The van der Waals surface area contributed by atoms with Crippen molar-refractivity contribution in [1.82, 2.24) is 15.3 Å². The van der Waals surface area contributed by atoms with E-state index in [0.717, 1.165) is 31.3 Å². The molecule has 0 aliphatic carbocycles. The van der Waals surface area contributed by atoms with Gasteiger partial charge < -0.3 is 26.7 Å². The van der Waals surface area contributed by atoms with Crippen LogP contribution in [-0.4, -0.2) is 35.0 Å². The molecular weight excluding hydrogens is 356 g/mol. The molecule has 3 aromatic rings. The van der Waals surface area contributed by atoms with Gasteiger partial charge in [0.15, 0.2) is 0 Å². The van der Waals surface area contributed by atoms with Crippen LogP contribution in [0.3, 0.4) is 0 Å². The maximum atomic E-state index is 12.4. The number of H-pyrrole nitrogens is 1. The highest BCUT2D eigenvalue weighted by Gasteiger charge is 2.15. The van der Waals surface area contributed by atoms with Crippen molar-refractivity contribution in [2.75, 3.05) is 23.7 Å². The minimum absolute atomic E-state index is 0.216. The second kappa shape index (κ2) is 7.69. The van der Waals surface area contributed by atoms with Crippen LogP contribution in [0.5, 0.6) is 0 Å². The molecule has 4 rings (SSSR count). The number of amides is 1. The van der Waals surface area contributed by atoms with E-state index in [2.05, 4.69) is 25.9 Å². The normalized spacial score (nSPS) is 16.6. The lowest BCUT2D eigenvalue weighted by Crippen LogP contribution is -2.38. The fourth-order valence-electron chi connectivity index (χ4n) is 3.42. The molecule has 0 saturated carbocycles. The summed E-state index contributed by atoms with van der Waals surface area (Å²) in [6.45, 7) is 1.92. The van der Waals surface area contributed by atoms with Crippen molar-refractivity contribution in [2.45, 2.75) is 18.9 Å². The Kier molecular flexibility index (Phi) is 4.94. The van der Waals surface area contributed by atoms with Gasteiger partial charge in [0.25, 0.3) is 5.56 Å². The first kappa shape index (κ1) is 18.0. The van der Waals surface area contributed by atoms with E-state index >= 15 is 0 Å². The van der Waals surface area contributed by atoms with Crippen LogP contribution in [0.1, 0.15) is 23.2 Å². The van der Waals surface area contributed by atoms with Crippen LogP contribution in [0.2, 0.25) is 0 Å². The van der Waals surface area contributed by atoms with Crippen molar-refractivity contribution in [3.8, 4) is 0 Å². The first-order valence-electron chi connectivity index (χ1n) is 9.27. The smallest absolute Gasteiger partial charge is 0.259 e. The van der Waals surface area contributed by atoms with Crippen molar-refractivity contribution in [1.29, 1.82) is 0 Å². The summed E-state index contributed by atoms with van der Waals surface area (Å²) in [7, 11) is 0. The molecule has 1 aliphatic rings. The number of primary amides is 1. The molecule has 0 unspecified atom stereocenters. The van der Waals surface area contributed by atoms with Crippen molar-refractivity contribution in [3.05, 3.63) is 58.5 Å². The topological polar surface area (TPSA) is 125 Å². The van der Waals surface area contributed by atoms with Crippen LogP contribution >= 0.6 is 0 Å². The number of fused-ring (bicyclic) bond motifs is 1. The molecule has 0 radical (unpaired) electrons. The highest BCUT2D eigenvalue weighted by Crippen LogP contribution is 2.25. The molecule has 1 amide bonds. The summed E-state index contributed by atoms with van der Waals surface area (Å²) in [5.74, 6) is 0.680. The number of carbonyl (C=O) groups excluding carboxylic acids is 1. The highest BCUT2D eigenvalue weighted by molar-refractivity contribution is 5.95. The molecular formula is C20H22N6O2. The molecule has 1 aliphatic heterocycles. The molecule has 0 bridgehead atoms. The zero-order chi connectivity index (χ0) is 19.5. The summed E-state index contributed by atoms with van der Waals surface area (Å²) in [5.41, 5.74) is 6.20. The van der Waals surface area contributed by atoms with Crippen molar-refractivity contribution < 1.29 is 4.79 Å². The second-order valence-corrected chi connectivity index (χ2v) is 6.88.